The summed E-state index contributed by atoms with van der Waals surface area (Å²) in [7, 11) is 0. The van der Waals surface area contributed by atoms with E-state index in [2.05, 4.69) is 11.4 Å². The topological polar surface area (TPSA) is 55.4 Å². The lowest BCUT2D eigenvalue weighted by atomic mass is 9.79. The van der Waals surface area contributed by atoms with E-state index in [1.54, 1.807) is 0 Å². The molecule has 23 heavy (non-hydrogen) atoms. The molecule has 0 heterocycles. The largest absolute Gasteiger partial charge is 0.494 e. The van der Waals surface area contributed by atoms with Crippen LogP contribution in [-0.4, -0.2) is 18.3 Å². The summed E-state index contributed by atoms with van der Waals surface area (Å²) in [5.74, 6) is 1.44. The fraction of sp³-hybridized carbons (Fsp3) is 0.579. The zero-order valence-corrected chi connectivity index (χ0v) is 13.9. The molecule has 2 aliphatic rings. The Morgan fingerprint density at radius 3 is 2.87 bits per heavy atom. The average molecular weight is 315 g/mol. The first kappa shape index (κ1) is 16.0. The van der Waals surface area contributed by atoms with E-state index in [0.717, 1.165) is 18.6 Å². The molecular formula is C19H25NO3. The Labute approximate surface area is 137 Å². The third kappa shape index (κ3) is 3.26. The van der Waals surface area contributed by atoms with Gasteiger partial charge in [0, 0.05) is 18.8 Å². The highest BCUT2D eigenvalue weighted by Gasteiger charge is 2.34. The first-order valence-electron chi connectivity index (χ1n) is 8.66. The summed E-state index contributed by atoms with van der Waals surface area (Å²) < 4.78 is 5.70. The number of Topliss-reactive ketones (excluding diaryl/α,β-unsaturated/α-hetero) is 1. The van der Waals surface area contributed by atoms with Crippen LogP contribution in [0.5, 0.6) is 5.75 Å². The van der Waals surface area contributed by atoms with Gasteiger partial charge in [-0.3, -0.25) is 9.59 Å². The van der Waals surface area contributed by atoms with Crippen LogP contribution in [0.4, 0.5) is 0 Å². The Balaban J connectivity index is 1.70. The van der Waals surface area contributed by atoms with E-state index in [1.807, 2.05) is 26.0 Å². The predicted molar refractivity (Wildman–Crippen MR) is 88.3 cm³/mol. The van der Waals surface area contributed by atoms with E-state index in [-0.39, 0.29) is 29.6 Å². The monoisotopic (exact) mass is 315 g/mol. The van der Waals surface area contributed by atoms with Crippen molar-refractivity contribution < 1.29 is 14.3 Å². The Morgan fingerprint density at radius 2 is 2.13 bits per heavy atom. The van der Waals surface area contributed by atoms with Gasteiger partial charge in [-0.25, -0.2) is 0 Å². The van der Waals surface area contributed by atoms with Gasteiger partial charge in [0.1, 0.15) is 11.5 Å². The van der Waals surface area contributed by atoms with Gasteiger partial charge in [0.25, 0.3) is 0 Å². The van der Waals surface area contributed by atoms with Crippen molar-refractivity contribution >= 4 is 11.7 Å². The van der Waals surface area contributed by atoms with Gasteiger partial charge in [-0.1, -0.05) is 19.1 Å². The number of hydrogen-bond donors (Lipinski definition) is 1. The summed E-state index contributed by atoms with van der Waals surface area (Å²) in [6.07, 6.45) is 3.62. The number of benzene rings is 1. The number of carbonyl (C=O) groups is 2. The maximum atomic E-state index is 12.6. The van der Waals surface area contributed by atoms with Crippen LogP contribution in [0.25, 0.3) is 0 Å². The lowest BCUT2D eigenvalue weighted by Gasteiger charge is -2.28. The molecule has 124 valence electrons. The number of rotatable bonds is 4. The minimum atomic E-state index is -0.0353. The number of ketones is 1. The van der Waals surface area contributed by atoms with E-state index >= 15 is 0 Å². The molecule has 0 radical (unpaired) electrons. The molecule has 2 aliphatic carbocycles. The first-order valence-corrected chi connectivity index (χ1v) is 8.66. The standard InChI is InChI=1S/C19H25NO3/c1-3-23-18-6-4-5-15-16(18)9-10-17(15)20-19(22)14-8-7-13(21)11-12(14)2/h4-6,12,14,17H,3,7-11H2,1-2H3,(H,20,22)/t12-,14-,17-/m0/s1. The zero-order valence-electron chi connectivity index (χ0n) is 13.9. The number of fused-ring (bicyclic) bond motifs is 1. The highest BCUT2D eigenvalue weighted by atomic mass is 16.5. The number of amides is 1. The molecule has 1 saturated carbocycles. The van der Waals surface area contributed by atoms with Gasteiger partial charge in [-0.05, 0) is 49.3 Å². The third-order valence-corrected chi connectivity index (χ3v) is 5.15. The normalized spacial score (nSPS) is 26.7. The van der Waals surface area contributed by atoms with Gasteiger partial charge in [0.05, 0.1) is 12.6 Å². The molecule has 0 saturated heterocycles. The highest BCUT2D eigenvalue weighted by Crippen LogP contribution is 2.37. The van der Waals surface area contributed by atoms with Crippen molar-refractivity contribution in [1.29, 1.82) is 0 Å². The lowest BCUT2D eigenvalue weighted by Crippen LogP contribution is -2.39. The second-order valence-electron chi connectivity index (χ2n) is 6.72. The van der Waals surface area contributed by atoms with Crippen LogP contribution in [0.2, 0.25) is 0 Å². The Kier molecular flexibility index (Phi) is 4.69. The van der Waals surface area contributed by atoms with Crippen molar-refractivity contribution in [2.45, 2.75) is 52.0 Å². The summed E-state index contributed by atoms with van der Waals surface area (Å²) in [4.78, 5) is 24.1. The van der Waals surface area contributed by atoms with Crippen molar-refractivity contribution in [2.24, 2.45) is 11.8 Å². The van der Waals surface area contributed by atoms with Gasteiger partial charge in [-0.2, -0.15) is 0 Å². The molecule has 0 bridgehead atoms. The van der Waals surface area contributed by atoms with E-state index in [9.17, 15) is 9.59 Å². The van der Waals surface area contributed by atoms with Gasteiger partial charge < -0.3 is 10.1 Å². The van der Waals surface area contributed by atoms with Crippen LogP contribution >= 0.6 is 0 Å². The Hall–Kier alpha value is -1.84. The summed E-state index contributed by atoms with van der Waals surface area (Å²) in [5.41, 5.74) is 2.41. The van der Waals surface area contributed by atoms with Crippen LogP contribution in [-0.2, 0) is 16.0 Å². The molecule has 0 aliphatic heterocycles. The quantitative estimate of drug-likeness (QED) is 0.928. The number of nitrogens with one attached hydrogen (secondary N) is 1. The smallest absolute Gasteiger partial charge is 0.223 e. The van der Waals surface area contributed by atoms with Gasteiger partial charge in [-0.15, -0.1) is 0 Å². The molecule has 4 heteroatoms. The van der Waals surface area contributed by atoms with Crippen LogP contribution in [0.1, 0.15) is 56.7 Å². The van der Waals surface area contributed by atoms with Crippen molar-refractivity contribution in [1.82, 2.24) is 5.32 Å². The first-order chi connectivity index (χ1) is 11.1. The predicted octanol–water partition coefficient (Wildman–Crippen LogP) is 3.19. The van der Waals surface area contributed by atoms with Crippen molar-refractivity contribution in [3.63, 3.8) is 0 Å². The van der Waals surface area contributed by atoms with Crippen molar-refractivity contribution in [3.8, 4) is 5.75 Å². The van der Waals surface area contributed by atoms with Gasteiger partial charge in [0.15, 0.2) is 0 Å². The van der Waals surface area contributed by atoms with Crippen LogP contribution < -0.4 is 10.1 Å². The van der Waals surface area contributed by atoms with E-state index in [0.29, 0.717) is 25.9 Å². The Bertz CT molecular complexity index is 611. The van der Waals surface area contributed by atoms with E-state index < -0.39 is 0 Å². The van der Waals surface area contributed by atoms with Crippen LogP contribution in [0.3, 0.4) is 0 Å². The summed E-state index contributed by atoms with van der Waals surface area (Å²) in [5, 5.41) is 3.21. The minimum Gasteiger partial charge on any atom is -0.494 e. The zero-order chi connectivity index (χ0) is 16.4. The van der Waals surface area contributed by atoms with E-state index in [1.165, 1.54) is 11.1 Å². The Morgan fingerprint density at radius 1 is 1.30 bits per heavy atom. The molecule has 1 fully saturated rings. The van der Waals surface area contributed by atoms with Gasteiger partial charge in [0.2, 0.25) is 5.91 Å². The van der Waals surface area contributed by atoms with E-state index in [4.69, 9.17) is 4.74 Å². The maximum absolute atomic E-state index is 12.6. The number of hydrogen-bond acceptors (Lipinski definition) is 3. The molecule has 3 rings (SSSR count). The third-order valence-electron chi connectivity index (χ3n) is 5.15. The SMILES string of the molecule is CCOc1cccc2c1CC[C@@H]2NC(=O)[C@H]1CCC(=O)C[C@@H]1C. The number of carbonyl (C=O) groups excluding carboxylic acids is 2. The van der Waals surface area contributed by atoms with Crippen LogP contribution in [0, 0.1) is 11.8 Å². The number of ether oxygens (including phenoxy) is 1. The minimum absolute atomic E-state index is 0.0353. The fourth-order valence-electron chi connectivity index (χ4n) is 3.93. The average Bonchev–Trinajstić information content (AvgIpc) is 2.91. The molecule has 1 aromatic carbocycles. The van der Waals surface area contributed by atoms with Gasteiger partial charge >= 0.3 is 0 Å². The van der Waals surface area contributed by atoms with Crippen molar-refractivity contribution in [2.75, 3.05) is 6.61 Å². The summed E-state index contributed by atoms with van der Waals surface area (Å²) in [6.45, 7) is 4.65. The molecule has 1 aromatic rings. The maximum Gasteiger partial charge on any atom is 0.223 e. The fourth-order valence-corrected chi connectivity index (χ4v) is 3.93. The highest BCUT2D eigenvalue weighted by molar-refractivity contribution is 5.85. The summed E-state index contributed by atoms with van der Waals surface area (Å²) >= 11 is 0. The molecule has 3 atom stereocenters. The van der Waals surface area contributed by atoms with Crippen molar-refractivity contribution in [3.05, 3.63) is 29.3 Å². The molecule has 0 spiro atoms. The molecule has 0 aromatic heterocycles. The molecule has 0 unspecified atom stereocenters. The lowest BCUT2D eigenvalue weighted by molar-refractivity contribution is -0.131. The molecule has 1 amide bonds. The second kappa shape index (κ2) is 6.73. The van der Waals surface area contributed by atoms with Crippen LogP contribution in [0.15, 0.2) is 18.2 Å². The second-order valence-corrected chi connectivity index (χ2v) is 6.72. The molecule has 1 N–H and O–H groups in total. The summed E-state index contributed by atoms with van der Waals surface area (Å²) in [6, 6.07) is 6.16. The molecular weight excluding hydrogens is 290 g/mol. The molecule has 4 nitrogen and oxygen atoms in total.